The lowest BCUT2D eigenvalue weighted by Gasteiger charge is -2.37. The second-order valence-electron chi connectivity index (χ2n) is 10.2. The first-order chi connectivity index (χ1) is 18.3. The van der Waals surface area contributed by atoms with Crippen LogP contribution in [0.2, 0.25) is 0 Å². The van der Waals surface area contributed by atoms with Crippen LogP contribution in [-0.4, -0.2) is 95.0 Å². The molecule has 0 saturated carbocycles. The lowest BCUT2D eigenvalue weighted by atomic mass is 9.70. The van der Waals surface area contributed by atoms with Gasteiger partial charge in [-0.15, -0.1) is 24.9 Å². The largest absolute Gasteiger partial charge is 0.395 e. The van der Waals surface area contributed by atoms with E-state index >= 15 is 0 Å². The van der Waals surface area contributed by atoms with E-state index in [0.717, 1.165) is 30.9 Å². The predicted molar refractivity (Wildman–Crippen MR) is 153 cm³/mol. The van der Waals surface area contributed by atoms with Gasteiger partial charge in [0, 0.05) is 56.4 Å². The minimum absolute atomic E-state index is 0.00324. The molecule has 8 nitrogen and oxygen atoms in total. The highest BCUT2D eigenvalue weighted by Crippen LogP contribution is 2.66. The van der Waals surface area contributed by atoms with Crippen molar-refractivity contribution in [2.24, 2.45) is 11.8 Å². The maximum Gasteiger partial charge on any atom is 0.251 e. The molecule has 1 N–H and O–H groups in total. The van der Waals surface area contributed by atoms with Gasteiger partial charge in [0.05, 0.1) is 23.2 Å². The molecule has 2 unspecified atom stereocenters. The Morgan fingerprint density at radius 3 is 2.32 bits per heavy atom. The molecule has 4 rings (SSSR count). The Labute approximate surface area is 230 Å². The zero-order valence-electron chi connectivity index (χ0n) is 22.7. The quantitative estimate of drug-likeness (QED) is 0.411. The van der Waals surface area contributed by atoms with Crippen LogP contribution in [0.4, 0.5) is 11.4 Å². The summed E-state index contributed by atoms with van der Waals surface area (Å²) in [5, 5.41) is 9.86. The molecule has 2 bridgehead atoms. The molecule has 9 heteroatoms. The van der Waals surface area contributed by atoms with E-state index in [4.69, 9.17) is 0 Å². The number of fused-ring (bicyclic) bond motifs is 1. The van der Waals surface area contributed by atoms with Crippen molar-refractivity contribution in [3.63, 3.8) is 0 Å². The molecule has 0 radical (unpaired) electrons. The Balaban J connectivity index is 1.71. The Morgan fingerprint density at radius 2 is 1.74 bits per heavy atom. The summed E-state index contributed by atoms with van der Waals surface area (Å²) < 4.78 is -0.691. The van der Waals surface area contributed by atoms with E-state index in [1.165, 1.54) is 4.90 Å². The van der Waals surface area contributed by atoms with Crippen molar-refractivity contribution in [3.05, 3.63) is 49.6 Å². The Bertz CT molecular complexity index is 1070. The second kappa shape index (κ2) is 11.5. The third kappa shape index (κ3) is 4.53. The zero-order valence-corrected chi connectivity index (χ0v) is 23.5. The topological polar surface area (TPSA) is 84.4 Å². The maximum absolute atomic E-state index is 14.4. The third-order valence-electron chi connectivity index (χ3n) is 8.31. The minimum atomic E-state index is -0.757. The summed E-state index contributed by atoms with van der Waals surface area (Å²) in [4.78, 5) is 48.8. The van der Waals surface area contributed by atoms with Gasteiger partial charge in [0.25, 0.3) is 5.91 Å². The molecule has 0 aliphatic carbocycles. The first-order valence-electron chi connectivity index (χ1n) is 13.5. The predicted octanol–water partition coefficient (Wildman–Crippen LogP) is 2.78. The van der Waals surface area contributed by atoms with Crippen LogP contribution in [0.25, 0.3) is 0 Å². The fraction of sp³-hybridized carbons (Fsp3) is 0.552. The van der Waals surface area contributed by atoms with Crippen LogP contribution in [-0.2, 0) is 14.4 Å². The highest BCUT2D eigenvalue weighted by molar-refractivity contribution is 8.02. The number of carbonyl (C=O) groups excluding carboxylic acids is 3. The first kappa shape index (κ1) is 28.2. The summed E-state index contributed by atoms with van der Waals surface area (Å²) in [7, 11) is 1.73. The van der Waals surface area contributed by atoms with Crippen molar-refractivity contribution < 1.29 is 19.5 Å². The minimum Gasteiger partial charge on any atom is -0.395 e. The van der Waals surface area contributed by atoms with Gasteiger partial charge in [-0.1, -0.05) is 12.2 Å². The average molecular weight is 541 g/mol. The molecule has 1 aromatic rings. The van der Waals surface area contributed by atoms with Gasteiger partial charge in [0.15, 0.2) is 0 Å². The summed E-state index contributed by atoms with van der Waals surface area (Å²) in [6, 6.07) is 7.14. The van der Waals surface area contributed by atoms with E-state index in [9.17, 15) is 19.5 Å². The van der Waals surface area contributed by atoms with Gasteiger partial charge in [-0.25, -0.2) is 0 Å². The molecule has 206 valence electrons. The number of aliphatic hydroxyl groups excluding tert-OH is 1. The van der Waals surface area contributed by atoms with Crippen LogP contribution in [0.1, 0.15) is 26.7 Å². The van der Waals surface area contributed by atoms with Gasteiger partial charge in [-0.3, -0.25) is 14.4 Å². The van der Waals surface area contributed by atoms with Gasteiger partial charge in [0.2, 0.25) is 11.8 Å². The number of benzene rings is 1. The summed E-state index contributed by atoms with van der Waals surface area (Å²) >= 11 is 1.64. The number of rotatable bonds is 12. The highest BCUT2D eigenvalue weighted by Gasteiger charge is 2.74. The lowest BCUT2D eigenvalue weighted by Crippen LogP contribution is -2.55. The number of hydrogen-bond donors (Lipinski definition) is 1. The van der Waals surface area contributed by atoms with Crippen molar-refractivity contribution in [3.8, 4) is 0 Å². The summed E-state index contributed by atoms with van der Waals surface area (Å²) in [6.07, 6.45) is 4.83. The first-order valence-corrected chi connectivity index (χ1v) is 14.4. The normalized spacial score (nSPS) is 27.3. The number of likely N-dealkylation sites (tertiary alicyclic amines) is 1. The fourth-order valence-electron chi connectivity index (χ4n) is 6.63. The van der Waals surface area contributed by atoms with Gasteiger partial charge < -0.3 is 24.7 Å². The molecule has 3 aliphatic heterocycles. The van der Waals surface area contributed by atoms with Gasteiger partial charge in [-0.2, -0.15) is 0 Å². The number of aliphatic hydroxyl groups is 1. The van der Waals surface area contributed by atoms with E-state index in [2.05, 4.69) is 31.9 Å². The van der Waals surface area contributed by atoms with Gasteiger partial charge in [-0.05, 0) is 51.0 Å². The number of amides is 3. The smallest absolute Gasteiger partial charge is 0.251 e. The third-order valence-corrected chi connectivity index (χ3v) is 10.3. The van der Waals surface area contributed by atoms with Crippen molar-refractivity contribution in [1.29, 1.82) is 0 Å². The molecule has 3 fully saturated rings. The molecule has 3 amide bonds. The Kier molecular flexibility index (Phi) is 8.57. The number of carbonyl (C=O) groups is 3. The fourth-order valence-corrected chi connectivity index (χ4v) is 8.84. The van der Waals surface area contributed by atoms with Crippen LogP contribution in [0.15, 0.2) is 49.6 Å². The van der Waals surface area contributed by atoms with Crippen molar-refractivity contribution in [1.82, 2.24) is 9.80 Å². The number of thioether (sulfide) groups is 1. The van der Waals surface area contributed by atoms with Crippen LogP contribution >= 0.6 is 11.8 Å². The maximum atomic E-state index is 14.4. The number of likely N-dealkylation sites (N-methyl/N-ethyl adjacent to an activating group) is 1. The van der Waals surface area contributed by atoms with Crippen molar-refractivity contribution >= 4 is 40.9 Å². The van der Waals surface area contributed by atoms with Gasteiger partial charge >= 0.3 is 0 Å². The number of anilines is 2. The molecule has 3 saturated heterocycles. The molecule has 3 aliphatic rings. The number of nitrogens with zero attached hydrogens (tertiary/aromatic N) is 4. The standard InChI is InChI=1S/C29H40N4O4S/c1-6-16-30(5)26(35)23-22-14-15-29(38-22)24(23)27(36)33(18-19-34)25(29)28(37)32(17-7-2)21-12-10-20(11-13-21)31(8-3)9-4/h6-7,10-13,22-25,34H,1-2,8-9,14-19H2,3-5H3/t22-,23+,24-,25?,29?/m0/s1. The SMILES string of the molecule is C=CCN(C)C(=O)[C@@H]1[C@@H]2CCC3(S2)C(C(=O)N(CC=C)c2ccc(N(CC)CC)cc2)N(CCO)C(=O)[C@H]13. The molecule has 38 heavy (non-hydrogen) atoms. The zero-order chi connectivity index (χ0) is 27.6. The molecule has 0 aromatic heterocycles. The van der Waals surface area contributed by atoms with Crippen molar-refractivity contribution in [2.75, 3.05) is 56.2 Å². The lowest BCUT2D eigenvalue weighted by molar-refractivity contribution is -0.143. The Hall–Kier alpha value is -2.78. The van der Waals surface area contributed by atoms with Gasteiger partial charge in [0.1, 0.15) is 6.04 Å². The van der Waals surface area contributed by atoms with Crippen LogP contribution < -0.4 is 9.80 Å². The summed E-state index contributed by atoms with van der Waals surface area (Å²) in [5.74, 6) is -1.53. The van der Waals surface area contributed by atoms with Crippen molar-refractivity contribution in [2.45, 2.75) is 42.7 Å². The molecule has 5 atom stereocenters. The Morgan fingerprint density at radius 1 is 1.11 bits per heavy atom. The number of hydrogen-bond acceptors (Lipinski definition) is 6. The van der Waals surface area contributed by atoms with E-state index in [-0.39, 0.29) is 36.1 Å². The molecule has 3 heterocycles. The van der Waals surface area contributed by atoms with E-state index in [1.807, 2.05) is 24.3 Å². The van der Waals surface area contributed by atoms with E-state index in [1.54, 1.807) is 40.8 Å². The summed E-state index contributed by atoms with van der Waals surface area (Å²) in [5.41, 5.74) is 1.81. The van der Waals surface area contributed by atoms with Crippen LogP contribution in [0.5, 0.6) is 0 Å². The van der Waals surface area contributed by atoms with E-state index < -0.39 is 22.6 Å². The molecular weight excluding hydrogens is 500 g/mol. The van der Waals surface area contributed by atoms with Crippen LogP contribution in [0, 0.1) is 11.8 Å². The second-order valence-corrected chi connectivity index (χ2v) is 11.8. The average Bonchev–Trinajstić information content (AvgIpc) is 3.56. The monoisotopic (exact) mass is 540 g/mol. The summed E-state index contributed by atoms with van der Waals surface area (Å²) in [6.45, 7) is 14.1. The van der Waals surface area contributed by atoms with E-state index in [0.29, 0.717) is 19.5 Å². The number of β-amino-alcohol motifs (C(OH)–C–C–N with tert-alkyl or cyclic N) is 1. The molecular formula is C29H40N4O4S. The molecule has 1 spiro atoms. The van der Waals surface area contributed by atoms with Crippen LogP contribution in [0.3, 0.4) is 0 Å². The molecule has 1 aromatic carbocycles. The highest BCUT2D eigenvalue weighted by atomic mass is 32.2.